The molecule has 1 heterocycles. The molecule has 0 saturated heterocycles. The molecule has 0 radical (unpaired) electrons. The summed E-state index contributed by atoms with van der Waals surface area (Å²) in [5, 5.41) is 27.1. The molecule has 0 aromatic carbocycles. The van der Waals surface area contributed by atoms with E-state index in [1.165, 1.54) is 6.07 Å². The molecular formula is C27H40N2O5. The van der Waals surface area contributed by atoms with Crippen molar-refractivity contribution in [3.8, 4) is 0 Å². The first kappa shape index (κ1) is 23.9. The van der Waals surface area contributed by atoms with Crippen molar-refractivity contribution in [2.75, 3.05) is 13.2 Å². The summed E-state index contributed by atoms with van der Waals surface area (Å²) in [6.07, 6.45) is 10.6. The zero-order chi connectivity index (χ0) is 24.1. The van der Waals surface area contributed by atoms with E-state index >= 15 is 0 Å². The Balaban J connectivity index is 1.33. The van der Waals surface area contributed by atoms with Crippen molar-refractivity contribution in [3.05, 3.63) is 34.4 Å². The zero-order valence-electron chi connectivity index (χ0n) is 20.5. The summed E-state index contributed by atoms with van der Waals surface area (Å²) in [7, 11) is 0. The van der Waals surface area contributed by atoms with Gasteiger partial charge >= 0.3 is 11.7 Å². The van der Waals surface area contributed by atoms with Crippen molar-refractivity contribution in [1.82, 2.24) is 10.6 Å². The molecule has 1 aromatic rings. The van der Waals surface area contributed by atoms with E-state index in [9.17, 15) is 14.7 Å². The van der Waals surface area contributed by atoms with Gasteiger partial charge in [-0.05, 0) is 98.5 Å². The molecule has 4 fully saturated rings. The van der Waals surface area contributed by atoms with Crippen LogP contribution in [0, 0.1) is 28.6 Å². The van der Waals surface area contributed by atoms with Crippen LogP contribution >= 0.6 is 0 Å². The monoisotopic (exact) mass is 472 g/mol. The first-order chi connectivity index (χ1) is 16.2. The Morgan fingerprint density at radius 1 is 1.09 bits per heavy atom. The van der Waals surface area contributed by atoms with Crippen molar-refractivity contribution >= 4 is 6.03 Å². The van der Waals surface area contributed by atoms with Crippen LogP contribution in [0.1, 0.15) is 83.1 Å². The van der Waals surface area contributed by atoms with Gasteiger partial charge in [0.25, 0.3) is 0 Å². The smallest absolute Gasteiger partial charge is 0.335 e. The first-order valence-electron chi connectivity index (χ1n) is 13.2. The van der Waals surface area contributed by atoms with Crippen LogP contribution in [-0.2, 0) is 0 Å². The highest BCUT2D eigenvalue weighted by Crippen LogP contribution is 2.70. The van der Waals surface area contributed by atoms with Crippen LogP contribution in [0.15, 0.2) is 27.6 Å². The molecule has 0 bridgehead atoms. The lowest BCUT2D eigenvalue weighted by Crippen LogP contribution is -2.62. The number of fused-ring (bicyclic) bond motifs is 5. The second kappa shape index (κ2) is 8.66. The highest BCUT2D eigenvalue weighted by Gasteiger charge is 2.67. The van der Waals surface area contributed by atoms with E-state index in [-0.39, 0.29) is 47.6 Å². The lowest BCUT2D eigenvalue weighted by atomic mass is 9.43. The molecular weight excluding hydrogens is 432 g/mol. The topological polar surface area (TPSA) is 112 Å². The number of aliphatic hydroxyl groups is 2. The fraction of sp³-hybridized carbons (Fsp3) is 0.778. The van der Waals surface area contributed by atoms with Gasteiger partial charge in [-0.3, -0.25) is 0 Å². The molecule has 1 aromatic heterocycles. The summed E-state index contributed by atoms with van der Waals surface area (Å²) in [4.78, 5) is 23.6. The second-order valence-corrected chi connectivity index (χ2v) is 11.9. The molecule has 0 aliphatic heterocycles. The van der Waals surface area contributed by atoms with Gasteiger partial charge in [-0.15, -0.1) is 0 Å². The van der Waals surface area contributed by atoms with E-state index < -0.39 is 5.60 Å². The Labute approximate surface area is 201 Å². The molecule has 4 aliphatic carbocycles. The van der Waals surface area contributed by atoms with Crippen LogP contribution < -0.4 is 16.3 Å². The van der Waals surface area contributed by atoms with E-state index in [0.29, 0.717) is 17.8 Å². The third kappa shape index (κ3) is 3.62. The van der Waals surface area contributed by atoms with E-state index in [1.807, 2.05) is 6.07 Å². The molecule has 7 nitrogen and oxygen atoms in total. The molecule has 34 heavy (non-hydrogen) atoms. The molecule has 0 spiro atoms. The molecule has 5 rings (SSSR count). The van der Waals surface area contributed by atoms with Gasteiger partial charge in [0.05, 0.1) is 18.5 Å². The third-order valence-electron chi connectivity index (χ3n) is 10.7. The third-order valence-corrected chi connectivity index (χ3v) is 10.7. The molecule has 2 amide bonds. The standard InChI is InChI=1S/C27H40N2O5/c1-25-10-7-19(29-24(32)28-13-14-30)15-18(25)4-5-22-21(25)8-11-26(2)20(9-12-27(22,26)33)17-3-6-23(31)34-16-17/h3,6,16,18-22,30,33H,4-5,7-15H2,1-2H3,(H2,28,29,32)/t18-,19?,20-,21+,22-,25+,26-,27+/m1/s1. The van der Waals surface area contributed by atoms with Gasteiger partial charge in [0.1, 0.15) is 0 Å². The minimum absolute atomic E-state index is 0.0523. The number of urea groups is 1. The predicted octanol–water partition coefficient (Wildman–Crippen LogP) is 3.54. The quantitative estimate of drug-likeness (QED) is 0.536. The van der Waals surface area contributed by atoms with Gasteiger partial charge in [0, 0.05) is 24.1 Å². The SMILES string of the molecule is C[C@]12CCC(NC(=O)NCCO)C[C@H]1CC[C@@H]1[C@@H]2CC[C@]2(C)[C@@H](c3ccc(=O)oc3)CC[C@]12O. The number of hydrogen-bond acceptors (Lipinski definition) is 5. The maximum absolute atomic E-state index is 12.3. The Bertz CT molecular complexity index is 960. The van der Waals surface area contributed by atoms with Crippen LogP contribution in [0.3, 0.4) is 0 Å². The number of hydrogen-bond donors (Lipinski definition) is 4. The summed E-state index contributed by atoms with van der Waals surface area (Å²) in [6, 6.07) is 3.38. The molecule has 4 aliphatic rings. The van der Waals surface area contributed by atoms with Crippen molar-refractivity contribution in [2.45, 2.75) is 89.2 Å². The van der Waals surface area contributed by atoms with Crippen LogP contribution in [0.2, 0.25) is 0 Å². The normalized spacial score (nSPS) is 43.4. The number of carbonyl (C=O) groups excluding carboxylic acids is 1. The summed E-state index contributed by atoms with van der Waals surface area (Å²) in [6.45, 7) is 4.94. The highest BCUT2D eigenvalue weighted by atomic mass is 16.4. The number of aliphatic hydroxyl groups excluding tert-OH is 1. The molecule has 188 valence electrons. The molecule has 7 heteroatoms. The lowest BCUT2D eigenvalue weighted by Gasteiger charge is -2.63. The molecule has 4 saturated carbocycles. The minimum atomic E-state index is -0.690. The number of nitrogens with one attached hydrogen (secondary N) is 2. The maximum Gasteiger partial charge on any atom is 0.335 e. The lowest BCUT2D eigenvalue weighted by molar-refractivity contribution is -0.201. The van der Waals surface area contributed by atoms with Gasteiger partial charge in [-0.25, -0.2) is 9.59 Å². The predicted molar refractivity (Wildman–Crippen MR) is 128 cm³/mol. The Morgan fingerprint density at radius 2 is 1.91 bits per heavy atom. The van der Waals surface area contributed by atoms with E-state index in [2.05, 4.69) is 24.5 Å². The average Bonchev–Trinajstić information content (AvgIpc) is 3.10. The van der Waals surface area contributed by atoms with Crippen molar-refractivity contribution in [1.29, 1.82) is 0 Å². The first-order valence-corrected chi connectivity index (χ1v) is 13.2. The van der Waals surface area contributed by atoms with Gasteiger partial charge in [-0.1, -0.05) is 13.8 Å². The Kier molecular flexibility index (Phi) is 6.08. The minimum Gasteiger partial charge on any atom is -0.431 e. The number of amides is 2. The van der Waals surface area contributed by atoms with Gasteiger partial charge in [-0.2, -0.15) is 0 Å². The fourth-order valence-corrected chi connectivity index (χ4v) is 8.86. The number of rotatable bonds is 4. The van der Waals surface area contributed by atoms with Crippen molar-refractivity contribution in [2.24, 2.45) is 28.6 Å². The highest BCUT2D eigenvalue weighted by molar-refractivity contribution is 5.74. The van der Waals surface area contributed by atoms with Crippen LogP contribution in [0.25, 0.3) is 0 Å². The fourth-order valence-electron chi connectivity index (χ4n) is 8.86. The van der Waals surface area contributed by atoms with Gasteiger partial charge in [0.15, 0.2) is 0 Å². The van der Waals surface area contributed by atoms with Crippen LogP contribution in [-0.4, -0.2) is 41.0 Å². The Morgan fingerprint density at radius 3 is 2.65 bits per heavy atom. The molecule has 4 N–H and O–H groups in total. The zero-order valence-corrected chi connectivity index (χ0v) is 20.5. The Hall–Kier alpha value is -1.86. The summed E-state index contributed by atoms with van der Waals surface area (Å²) < 4.78 is 5.20. The van der Waals surface area contributed by atoms with Crippen LogP contribution in [0.4, 0.5) is 4.79 Å². The average molecular weight is 473 g/mol. The maximum atomic E-state index is 12.3. The number of carbonyl (C=O) groups is 1. The summed E-state index contributed by atoms with van der Waals surface area (Å²) in [5.41, 5.74) is 0.0119. The van der Waals surface area contributed by atoms with E-state index in [1.54, 1.807) is 6.26 Å². The molecule has 1 unspecified atom stereocenters. The summed E-state index contributed by atoms with van der Waals surface area (Å²) >= 11 is 0. The van der Waals surface area contributed by atoms with Crippen LogP contribution in [0.5, 0.6) is 0 Å². The molecule has 8 atom stereocenters. The van der Waals surface area contributed by atoms with Crippen molar-refractivity contribution in [3.63, 3.8) is 0 Å². The second-order valence-electron chi connectivity index (χ2n) is 11.9. The van der Waals surface area contributed by atoms with Gasteiger partial charge in [0.2, 0.25) is 0 Å². The van der Waals surface area contributed by atoms with E-state index in [4.69, 9.17) is 9.52 Å². The van der Waals surface area contributed by atoms with Gasteiger partial charge < -0.3 is 25.3 Å². The largest absolute Gasteiger partial charge is 0.431 e. The summed E-state index contributed by atoms with van der Waals surface area (Å²) in [5.74, 6) is 1.57. The van der Waals surface area contributed by atoms with E-state index in [0.717, 1.165) is 63.4 Å². The van der Waals surface area contributed by atoms with Crippen molar-refractivity contribution < 1.29 is 19.4 Å².